The molecule has 18 heavy (non-hydrogen) atoms. The molecule has 0 amide bonds. The van der Waals surface area contributed by atoms with Crippen LogP contribution in [0.1, 0.15) is 11.3 Å². The molecule has 0 radical (unpaired) electrons. The van der Waals surface area contributed by atoms with E-state index >= 15 is 0 Å². The quantitative estimate of drug-likeness (QED) is 0.824. The Hall–Kier alpha value is -2.02. The van der Waals surface area contributed by atoms with Gasteiger partial charge in [-0.1, -0.05) is 11.2 Å². The molecule has 1 aromatic carbocycles. The monoisotopic (exact) mass is 267 g/mol. The molecule has 6 nitrogen and oxygen atoms in total. The van der Waals surface area contributed by atoms with Crippen molar-refractivity contribution < 1.29 is 12.9 Å². The Morgan fingerprint density at radius 3 is 2.67 bits per heavy atom. The number of nitrogen functional groups attached to an aromatic ring is 1. The first kappa shape index (κ1) is 12.4. The Labute approximate surface area is 105 Å². The number of nitrogens with zero attached hydrogens (tertiary/aromatic N) is 1. The van der Waals surface area contributed by atoms with E-state index in [1.807, 2.05) is 0 Å². The van der Waals surface area contributed by atoms with E-state index in [4.69, 9.17) is 10.3 Å². The van der Waals surface area contributed by atoms with Gasteiger partial charge in [0, 0.05) is 11.8 Å². The van der Waals surface area contributed by atoms with E-state index in [2.05, 4.69) is 9.88 Å². The van der Waals surface area contributed by atoms with Crippen molar-refractivity contribution >= 4 is 21.6 Å². The Morgan fingerprint density at radius 2 is 2.06 bits per heavy atom. The third-order valence-corrected chi connectivity index (χ3v) is 3.97. The van der Waals surface area contributed by atoms with Gasteiger partial charge in [-0.3, -0.25) is 0 Å². The summed E-state index contributed by atoms with van der Waals surface area (Å²) in [5.41, 5.74) is 7.21. The number of aryl methyl sites for hydroxylation is 1. The molecule has 1 heterocycles. The molecule has 0 saturated heterocycles. The van der Waals surface area contributed by atoms with Crippen LogP contribution in [0.5, 0.6) is 0 Å². The van der Waals surface area contributed by atoms with Crippen LogP contribution in [0.2, 0.25) is 0 Å². The third kappa shape index (κ3) is 2.30. The van der Waals surface area contributed by atoms with Crippen molar-refractivity contribution in [3.8, 4) is 0 Å². The highest BCUT2D eigenvalue weighted by Crippen LogP contribution is 2.23. The summed E-state index contributed by atoms with van der Waals surface area (Å²) in [7, 11) is -3.72. The van der Waals surface area contributed by atoms with Gasteiger partial charge in [0.05, 0.1) is 10.6 Å². The SMILES string of the molecule is Cc1cc(NS(=O)(=O)c2cccc(N)c2C)on1. The Balaban J connectivity index is 2.40. The molecule has 0 aliphatic carbocycles. The lowest BCUT2D eigenvalue weighted by atomic mass is 10.2. The van der Waals surface area contributed by atoms with Crippen molar-refractivity contribution in [1.82, 2.24) is 5.16 Å². The molecule has 0 unspecified atom stereocenters. The fourth-order valence-electron chi connectivity index (χ4n) is 1.52. The van der Waals surface area contributed by atoms with Gasteiger partial charge in [-0.05, 0) is 31.5 Å². The van der Waals surface area contributed by atoms with Crippen LogP contribution in [0.15, 0.2) is 33.7 Å². The third-order valence-electron chi connectivity index (χ3n) is 2.48. The van der Waals surface area contributed by atoms with E-state index in [0.29, 0.717) is 16.9 Å². The number of rotatable bonds is 3. The highest BCUT2D eigenvalue weighted by atomic mass is 32.2. The zero-order valence-corrected chi connectivity index (χ0v) is 10.8. The van der Waals surface area contributed by atoms with Gasteiger partial charge < -0.3 is 10.3 Å². The highest BCUT2D eigenvalue weighted by Gasteiger charge is 2.19. The van der Waals surface area contributed by atoms with Crippen molar-refractivity contribution in [2.75, 3.05) is 10.5 Å². The van der Waals surface area contributed by atoms with Crippen molar-refractivity contribution in [1.29, 1.82) is 0 Å². The van der Waals surface area contributed by atoms with Crippen LogP contribution in [0, 0.1) is 13.8 Å². The summed E-state index contributed by atoms with van der Waals surface area (Å²) in [5.74, 6) is 0.0781. The number of hydrogen-bond donors (Lipinski definition) is 2. The van der Waals surface area contributed by atoms with Crippen LogP contribution in [0.25, 0.3) is 0 Å². The summed E-state index contributed by atoms with van der Waals surface area (Å²) in [4.78, 5) is 0.122. The van der Waals surface area contributed by atoms with Gasteiger partial charge >= 0.3 is 0 Å². The zero-order chi connectivity index (χ0) is 13.3. The maximum atomic E-state index is 12.1. The minimum absolute atomic E-state index is 0.0781. The van der Waals surface area contributed by atoms with Crippen LogP contribution in [-0.4, -0.2) is 13.6 Å². The van der Waals surface area contributed by atoms with Gasteiger partial charge in [0.15, 0.2) is 0 Å². The van der Waals surface area contributed by atoms with Crippen LogP contribution in [-0.2, 0) is 10.0 Å². The smallest absolute Gasteiger partial charge is 0.264 e. The minimum atomic E-state index is -3.72. The fraction of sp³-hybridized carbons (Fsp3) is 0.182. The Bertz CT molecular complexity index is 677. The summed E-state index contributed by atoms with van der Waals surface area (Å²) in [6.45, 7) is 3.35. The minimum Gasteiger partial charge on any atom is -0.398 e. The molecule has 0 saturated carbocycles. The predicted octanol–water partition coefficient (Wildman–Crippen LogP) is 1.67. The van der Waals surface area contributed by atoms with Crippen LogP contribution >= 0.6 is 0 Å². The van der Waals surface area contributed by atoms with E-state index in [9.17, 15) is 8.42 Å². The molecule has 0 atom stereocenters. The molecular formula is C11H13N3O3S. The number of benzene rings is 1. The summed E-state index contributed by atoms with van der Waals surface area (Å²) in [6, 6.07) is 6.21. The number of anilines is 2. The molecular weight excluding hydrogens is 254 g/mol. The first-order valence-electron chi connectivity index (χ1n) is 5.21. The normalized spacial score (nSPS) is 11.4. The maximum Gasteiger partial charge on any atom is 0.264 e. The molecule has 0 bridgehead atoms. The van der Waals surface area contributed by atoms with Gasteiger partial charge in [-0.25, -0.2) is 13.1 Å². The summed E-state index contributed by atoms with van der Waals surface area (Å²) < 4.78 is 31.4. The second-order valence-electron chi connectivity index (χ2n) is 3.91. The molecule has 0 fully saturated rings. The van der Waals surface area contributed by atoms with E-state index in [1.165, 1.54) is 12.1 Å². The summed E-state index contributed by atoms with van der Waals surface area (Å²) in [5, 5.41) is 3.61. The Kier molecular flexibility index (Phi) is 3.00. The molecule has 0 spiro atoms. The van der Waals surface area contributed by atoms with Gasteiger partial charge in [-0.15, -0.1) is 0 Å². The first-order chi connectivity index (χ1) is 8.40. The van der Waals surface area contributed by atoms with Gasteiger partial charge in [0.1, 0.15) is 0 Å². The van der Waals surface area contributed by atoms with Crippen molar-refractivity contribution in [2.45, 2.75) is 18.7 Å². The average molecular weight is 267 g/mol. The largest absolute Gasteiger partial charge is 0.398 e. The predicted molar refractivity (Wildman–Crippen MR) is 67.6 cm³/mol. The second kappa shape index (κ2) is 4.34. The highest BCUT2D eigenvalue weighted by molar-refractivity contribution is 7.92. The van der Waals surface area contributed by atoms with Gasteiger partial charge in [-0.2, -0.15) is 0 Å². The van der Waals surface area contributed by atoms with Gasteiger partial charge in [0.2, 0.25) is 5.88 Å². The average Bonchev–Trinajstić information content (AvgIpc) is 2.67. The number of nitrogens with one attached hydrogen (secondary N) is 1. The molecule has 0 aliphatic heterocycles. The van der Waals surface area contributed by atoms with E-state index in [0.717, 1.165) is 0 Å². The molecule has 96 valence electrons. The molecule has 2 rings (SSSR count). The molecule has 0 aliphatic rings. The van der Waals surface area contributed by atoms with Crippen LogP contribution in [0.3, 0.4) is 0 Å². The lowest BCUT2D eigenvalue weighted by molar-refractivity contribution is 0.430. The van der Waals surface area contributed by atoms with Gasteiger partial charge in [0.25, 0.3) is 10.0 Å². The standard InChI is InChI=1S/C11H13N3O3S/c1-7-6-11(17-13-7)14-18(15,16)10-5-3-4-9(12)8(10)2/h3-6,14H,12H2,1-2H3. The maximum absolute atomic E-state index is 12.1. The second-order valence-corrected chi connectivity index (χ2v) is 5.56. The van der Waals surface area contributed by atoms with E-state index < -0.39 is 10.0 Å². The van der Waals surface area contributed by atoms with Crippen molar-refractivity contribution in [3.05, 3.63) is 35.5 Å². The van der Waals surface area contributed by atoms with Crippen LogP contribution in [0.4, 0.5) is 11.6 Å². The molecule has 7 heteroatoms. The molecule has 3 N–H and O–H groups in total. The fourth-order valence-corrected chi connectivity index (χ4v) is 2.77. The first-order valence-corrected chi connectivity index (χ1v) is 6.70. The van der Waals surface area contributed by atoms with Crippen molar-refractivity contribution in [2.24, 2.45) is 0 Å². The number of nitrogens with two attached hydrogens (primary N) is 1. The lowest BCUT2D eigenvalue weighted by Gasteiger charge is -2.09. The number of hydrogen-bond acceptors (Lipinski definition) is 5. The van der Waals surface area contributed by atoms with Crippen LogP contribution < -0.4 is 10.5 Å². The number of aromatic nitrogens is 1. The molecule has 2 aromatic rings. The van der Waals surface area contributed by atoms with E-state index in [-0.39, 0.29) is 10.8 Å². The zero-order valence-electron chi connectivity index (χ0n) is 9.97. The Morgan fingerprint density at radius 1 is 1.33 bits per heavy atom. The number of sulfonamides is 1. The topological polar surface area (TPSA) is 98.2 Å². The summed E-state index contributed by atoms with van der Waals surface area (Å²) in [6.07, 6.45) is 0. The summed E-state index contributed by atoms with van der Waals surface area (Å²) >= 11 is 0. The lowest BCUT2D eigenvalue weighted by Crippen LogP contribution is -2.14. The molecule has 1 aromatic heterocycles. The van der Waals surface area contributed by atoms with E-state index in [1.54, 1.807) is 26.0 Å². The van der Waals surface area contributed by atoms with Crippen molar-refractivity contribution in [3.63, 3.8) is 0 Å².